The van der Waals surface area contributed by atoms with Crippen LogP contribution >= 0.6 is 11.8 Å². The molecule has 0 N–H and O–H groups in total. The third-order valence-corrected chi connectivity index (χ3v) is 6.25. The third kappa shape index (κ3) is 4.33. The van der Waals surface area contributed by atoms with Crippen LogP contribution in [0.5, 0.6) is 0 Å². The Morgan fingerprint density at radius 1 is 0.548 bits per heavy atom. The average molecular weight is 415 g/mol. The smallest absolute Gasteiger partial charge is 0.0201 e. The zero-order valence-electron chi connectivity index (χ0n) is 17.1. The number of hydrogen-bond acceptors (Lipinski definition) is 1. The highest BCUT2D eigenvalue weighted by Gasteiger charge is 2.10. The summed E-state index contributed by atoms with van der Waals surface area (Å²) in [5, 5.41) is 7.33. The number of hydrogen-bond donors (Lipinski definition) is 0. The Balaban J connectivity index is 1.66. The molecule has 0 amide bonds. The second-order valence-corrected chi connectivity index (χ2v) is 8.39. The van der Waals surface area contributed by atoms with E-state index in [9.17, 15) is 0 Å². The van der Waals surface area contributed by atoms with Crippen LogP contribution in [0.15, 0.2) is 121 Å². The van der Waals surface area contributed by atoms with E-state index in [0.717, 1.165) is 0 Å². The highest BCUT2D eigenvalue weighted by Crippen LogP contribution is 2.39. The van der Waals surface area contributed by atoms with Crippen LogP contribution in [0.2, 0.25) is 0 Å². The lowest BCUT2D eigenvalue weighted by molar-refractivity contribution is 1.66. The van der Waals surface area contributed by atoms with Crippen molar-refractivity contribution >= 4 is 50.4 Å². The van der Waals surface area contributed by atoms with Crippen molar-refractivity contribution in [2.24, 2.45) is 0 Å². The quantitative estimate of drug-likeness (QED) is 0.204. The minimum absolute atomic E-state index is 1.20. The minimum Gasteiger partial charge on any atom is -0.0974 e. The predicted octanol–water partition coefficient (Wildman–Crippen LogP) is 8.90. The van der Waals surface area contributed by atoms with Gasteiger partial charge >= 0.3 is 0 Å². The molecule has 0 aromatic heterocycles. The summed E-state index contributed by atoms with van der Waals surface area (Å²) in [5.41, 5.74) is 3.67. The molecule has 0 aliphatic carbocycles. The van der Waals surface area contributed by atoms with Crippen LogP contribution in [0.1, 0.15) is 16.7 Å². The topological polar surface area (TPSA) is 0 Å². The van der Waals surface area contributed by atoms with Crippen molar-refractivity contribution in [1.82, 2.24) is 0 Å². The highest BCUT2D eigenvalue weighted by molar-refractivity contribution is 8.11. The molecule has 0 heterocycles. The van der Waals surface area contributed by atoms with Gasteiger partial charge in [0, 0.05) is 4.91 Å². The van der Waals surface area contributed by atoms with Crippen molar-refractivity contribution in [1.29, 1.82) is 0 Å². The van der Waals surface area contributed by atoms with Crippen molar-refractivity contribution < 1.29 is 0 Å². The van der Waals surface area contributed by atoms with Gasteiger partial charge < -0.3 is 0 Å². The number of fused-ring (bicyclic) bond motifs is 3. The van der Waals surface area contributed by atoms with Gasteiger partial charge in [-0.05, 0) is 61.9 Å². The second kappa shape index (κ2) is 9.07. The Morgan fingerprint density at radius 2 is 1.13 bits per heavy atom. The molecule has 0 fully saturated rings. The molecule has 0 spiro atoms. The largest absolute Gasteiger partial charge is 0.0974 e. The van der Waals surface area contributed by atoms with Crippen molar-refractivity contribution in [3.8, 4) is 0 Å². The molecule has 0 unspecified atom stereocenters. The van der Waals surface area contributed by atoms with Gasteiger partial charge in [-0.3, -0.25) is 0 Å². The van der Waals surface area contributed by atoms with Crippen molar-refractivity contribution in [3.05, 3.63) is 137 Å². The molecule has 0 saturated carbocycles. The molecular weight excluding hydrogens is 392 g/mol. The normalized spacial score (nSPS) is 12.1. The number of thioether (sulfide) groups is 1. The van der Waals surface area contributed by atoms with Gasteiger partial charge in [-0.15, -0.1) is 0 Å². The lowest BCUT2D eigenvalue weighted by Crippen LogP contribution is -1.87. The molecule has 5 aromatic rings. The maximum absolute atomic E-state index is 2.33. The highest BCUT2D eigenvalue weighted by atomic mass is 32.2. The monoisotopic (exact) mass is 414 g/mol. The van der Waals surface area contributed by atoms with E-state index in [-0.39, 0.29) is 0 Å². The van der Waals surface area contributed by atoms with Crippen LogP contribution in [0.3, 0.4) is 0 Å². The first-order chi connectivity index (χ1) is 15.4. The zero-order chi connectivity index (χ0) is 20.9. The van der Waals surface area contributed by atoms with Crippen molar-refractivity contribution in [3.63, 3.8) is 0 Å². The first-order valence-corrected chi connectivity index (χ1v) is 11.3. The van der Waals surface area contributed by atoms with E-state index in [0.29, 0.717) is 0 Å². The summed E-state index contributed by atoms with van der Waals surface area (Å²) in [6.07, 6.45) is 4.46. The first-order valence-electron chi connectivity index (χ1n) is 10.4. The molecule has 1 heteroatoms. The number of benzene rings is 5. The molecule has 31 heavy (non-hydrogen) atoms. The van der Waals surface area contributed by atoms with E-state index < -0.39 is 0 Å². The molecule has 0 saturated heterocycles. The Kier molecular flexibility index (Phi) is 5.68. The lowest BCUT2D eigenvalue weighted by atomic mass is 9.96. The molecular formula is C30H22S. The summed E-state index contributed by atoms with van der Waals surface area (Å²) in [4.78, 5) is 1.24. The molecule has 0 aliphatic rings. The fraction of sp³-hybridized carbons (Fsp3) is 0. The van der Waals surface area contributed by atoms with Crippen LogP contribution in [-0.4, -0.2) is 0 Å². The van der Waals surface area contributed by atoms with Gasteiger partial charge in [-0.25, -0.2) is 0 Å². The van der Waals surface area contributed by atoms with Crippen LogP contribution in [-0.2, 0) is 0 Å². The first kappa shape index (κ1) is 19.4. The maximum atomic E-state index is 2.33. The van der Waals surface area contributed by atoms with Crippen LogP contribution < -0.4 is 0 Å². The second-order valence-electron chi connectivity index (χ2n) is 7.44. The Labute approximate surface area is 187 Å². The van der Waals surface area contributed by atoms with E-state index in [1.807, 2.05) is 6.07 Å². The molecule has 148 valence electrons. The molecule has 0 bridgehead atoms. The van der Waals surface area contributed by atoms with Gasteiger partial charge in [0.1, 0.15) is 0 Å². The van der Waals surface area contributed by atoms with Gasteiger partial charge in [0.05, 0.1) is 0 Å². The van der Waals surface area contributed by atoms with Gasteiger partial charge in [-0.1, -0.05) is 121 Å². The lowest BCUT2D eigenvalue weighted by Gasteiger charge is -2.13. The van der Waals surface area contributed by atoms with Crippen molar-refractivity contribution in [2.75, 3.05) is 0 Å². The van der Waals surface area contributed by atoms with Crippen LogP contribution in [0.25, 0.3) is 38.6 Å². The van der Waals surface area contributed by atoms with E-state index >= 15 is 0 Å². The molecule has 0 aliphatic heterocycles. The average Bonchev–Trinajstić information content (AvgIpc) is 2.84. The minimum atomic E-state index is 1.20. The maximum Gasteiger partial charge on any atom is 0.0201 e. The summed E-state index contributed by atoms with van der Waals surface area (Å²) in [5.74, 6) is 0. The molecule has 0 nitrogen and oxygen atoms in total. The standard InChI is InChI=1S/C30H22S/c1-3-11-23(12-4-1)19-20-31-30(21-24-13-5-2-6-14-24)29-22-25-15-7-8-16-26(25)27-17-9-10-18-28(27)29/h1-22H/b20-19+,30-21+. The van der Waals surface area contributed by atoms with Gasteiger partial charge in [-0.2, -0.15) is 0 Å². The molecule has 5 rings (SSSR count). The van der Waals surface area contributed by atoms with E-state index in [2.05, 4.69) is 127 Å². The Bertz CT molecular complexity index is 1380. The van der Waals surface area contributed by atoms with Gasteiger partial charge in [0.2, 0.25) is 0 Å². The zero-order valence-corrected chi connectivity index (χ0v) is 17.9. The van der Waals surface area contributed by atoms with Gasteiger partial charge in [0.25, 0.3) is 0 Å². The Morgan fingerprint density at radius 3 is 1.87 bits per heavy atom. The number of rotatable bonds is 5. The van der Waals surface area contributed by atoms with E-state index in [1.165, 1.54) is 43.1 Å². The summed E-state index contributed by atoms with van der Waals surface area (Å²) in [7, 11) is 0. The summed E-state index contributed by atoms with van der Waals surface area (Å²) in [6.45, 7) is 0. The fourth-order valence-electron chi connectivity index (χ4n) is 3.88. The van der Waals surface area contributed by atoms with Crippen molar-refractivity contribution in [2.45, 2.75) is 0 Å². The Hall–Kier alpha value is -3.55. The summed E-state index contributed by atoms with van der Waals surface area (Å²) >= 11 is 1.77. The summed E-state index contributed by atoms with van der Waals surface area (Å²) < 4.78 is 0. The van der Waals surface area contributed by atoms with Gasteiger partial charge in [0.15, 0.2) is 0 Å². The molecule has 0 radical (unpaired) electrons. The molecule has 0 atom stereocenters. The van der Waals surface area contributed by atoms with E-state index in [4.69, 9.17) is 0 Å². The fourth-order valence-corrected chi connectivity index (χ4v) is 4.76. The van der Waals surface area contributed by atoms with E-state index in [1.54, 1.807) is 11.8 Å². The molecule has 5 aromatic carbocycles. The summed E-state index contributed by atoms with van der Waals surface area (Å²) in [6, 6.07) is 40.7. The predicted molar refractivity (Wildman–Crippen MR) is 139 cm³/mol. The van der Waals surface area contributed by atoms with Crippen LogP contribution in [0, 0.1) is 0 Å². The third-order valence-electron chi connectivity index (χ3n) is 5.39. The SMILES string of the molecule is C(=C\c1ccccc1)/S/C(=C/c1ccccc1)c1cc2ccccc2c2ccccc12. The van der Waals surface area contributed by atoms with Crippen LogP contribution in [0.4, 0.5) is 0 Å².